The molecule has 2 aromatic rings. The Hall–Kier alpha value is -1.92. The number of nitrogens with zero attached hydrogens (tertiary/aromatic N) is 2. The normalized spacial score (nSPS) is 11.4. The van der Waals surface area contributed by atoms with Crippen molar-refractivity contribution in [2.24, 2.45) is 0 Å². The first kappa shape index (κ1) is 19.4. The summed E-state index contributed by atoms with van der Waals surface area (Å²) in [6.07, 6.45) is 0.684. The molecule has 0 saturated carbocycles. The van der Waals surface area contributed by atoms with Crippen LogP contribution in [0.5, 0.6) is 17.4 Å². The van der Waals surface area contributed by atoms with Crippen LogP contribution in [0.15, 0.2) is 18.2 Å². The number of halogens is 2. The second kappa shape index (κ2) is 7.54. The lowest BCUT2D eigenvalue weighted by Gasteiger charge is -2.25. The molecule has 0 bridgehead atoms. The van der Waals surface area contributed by atoms with Crippen LogP contribution < -0.4 is 4.74 Å². The number of carbonyl (C=O) groups excluding carboxylic acids is 1. The predicted octanol–water partition coefficient (Wildman–Crippen LogP) is 5.01. The number of ether oxygens (including phenoxy) is 2. The Morgan fingerprint density at radius 3 is 2.36 bits per heavy atom. The molecule has 8 heteroatoms. The topological polar surface area (TPSA) is 73.6 Å². The summed E-state index contributed by atoms with van der Waals surface area (Å²) in [5, 5.41) is 15.5. The highest BCUT2D eigenvalue weighted by molar-refractivity contribution is 6.34. The van der Waals surface area contributed by atoms with Crippen molar-refractivity contribution < 1.29 is 19.4 Å². The summed E-state index contributed by atoms with van der Waals surface area (Å²) in [6.45, 7) is 7.62. The van der Waals surface area contributed by atoms with Gasteiger partial charge in [-0.3, -0.25) is 0 Å². The van der Waals surface area contributed by atoms with Gasteiger partial charge in [0.25, 0.3) is 5.88 Å². The van der Waals surface area contributed by atoms with Crippen LogP contribution in [0.25, 0.3) is 0 Å². The van der Waals surface area contributed by atoms with Gasteiger partial charge in [0.1, 0.15) is 5.75 Å². The molecule has 1 heterocycles. The lowest BCUT2D eigenvalue weighted by Crippen LogP contribution is -2.27. The van der Waals surface area contributed by atoms with Crippen molar-refractivity contribution in [1.29, 1.82) is 0 Å². The lowest BCUT2D eigenvalue weighted by atomic mass is 10.0. The first-order valence-electron chi connectivity index (χ1n) is 7.83. The Morgan fingerprint density at radius 2 is 1.84 bits per heavy atom. The van der Waals surface area contributed by atoms with Crippen LogP contribution in [0.2, 0.25) is 10.0 Å². The van der Waals surface area contributed by atoms with Crippen molar-refractivity contribution >= 4 is 29.2 Å². The Labute approximate surface area is 156 Å². The van der Waals surface area contributed by atoms with E-state index < -0.39 is 17.3 Å². The number of aromatic hydroxyl groups is 1. The van der Waals surface area contributed by atoms with Crippen molar-refractivity contribution in [1.82, 2.24) is 9.78 Å². The van der Waals surface area contributed by atoms with Gasteiger partial charge in [0, 0.05) is 10.0 Å². The highest BCUT2D eigenvalue weighted by Crippen LogP contribution is 2.39. The SMILES string of the molecule is CCOC(=O)c1nn(C(C)(C)CC)c(Oc2cc(Cl)cc(Cl)c2)c1O. The first-order chi connectivity index (χ1) is 11.7. The third-order valence-electron chi connectivity index (χ3n) is 3.78. The van der Waals surface area contributed by atoms with Gasteiger partial charge in [-0.15, -0.1) is 0 Å². The summed E-state index contributed by atoms with van der Waals surface area (Å²) in [4.78, 5) is 12.1. The Bertz CT molecular complexity index is 767. The molecule has 0 spiro atoms. The molecule has 0 aliphatic rings. The zero-order valence-corrected chi connectivity index (χ0v) is 16.0. The number of benzene rings is 1. The van der Waals surface area contributed by atoms with E-state index in [1.54, 1.807) is 25.1 Å². The number of hydrogen-bond donors (Lipinski definition) is 1. The van der Waals surface area contributed by atoms with E-state index in [2.05, 4.69) is 5.10 Å². The zero-order chi connectivity index (χ0) is 18.8. The molecule has 136 valence electrons. The highest BCUT2D eigenvalue weighted by Gasteiger charge is 2.32. The third kappa shape index (κ3) is 4.19. The molecule has 25 heavy (non-hydrogen) atoms. The summed E-state index contributed by atoms with van der Waals surface area (Å²) in [5.41, 5.74) is -0.716. The summed E-state index contributed by atoms with van der Waals surface area (Å²) >= 11 is 12.0. The van der Waals surface area contributed by atoms with Crippen LogP contribution in [-0.2, 0) is 10.3 Å². The fourth-order valence-electron chi connectivity index (χ4n) is 2.08. The maximum atomic E-state index is 12.1. The molecule has 2 rings (SSSR count). The second-order valence-electron chi connectivity index (χ2n) is 6.01. The van der Waals surface area contributed by atoms with E-state index in [-0.39, 0.29) is 18.2 Å². The number of carbonyl (C=O) groups is 1. The molecule has 0 saturated heterocycles. The van der Waals surface area contributed by atoms with Crippen LogP contribution in [-0.4, -0.2) is 27.5 Å². The van der Waals surface area contributed by atoms with Crippen LogP contribution in [0.1, 0.15) is 44.6 Å². The van der Waals surface area contributed by atoms with Gasteiger partial charge in [0.2, 0.25) is 11.4 Å². The van der Waals surface area contributed by atoms with Crippen molar-refractivity contribution in [2.45, 2.75) is 39.7 Å². The van der Waals surface area contributed by atoms with Gasteiger partial charge in [-0.05, 0) is 45.4 Å². The molecule has 0 aliphatic heterocycles. The van der Waals surface area contributed by atoms with E-state index >= 15 is 0 Å². The molecule has 1 aromatic carbocycles. The minimum Gasteiger partial charge on any atom is -0.501 e. The van der Waals surface area contributed by atoms with Gasteiger partial charge >= 0.3 is 5.97 Å². The molecule has 6 nitrogen and oxygen atoms in total. The Morgan fingerprint density at radius 1 is 1.24 bits per heavy atom. The molecule has 1 aromatic heterocycles. The van der Waals surface area contributed by atoms with Crippen LogP contribution >= 0.6 is 23.2 Å². The van der Waals surface area contributed by atoms with Crippen molar-refractivity contribution in [2.75, 3.05) is 6.61 Å². The maximum absolute atomic E-state index is 12.1. The van der Waals surface area contributed by atoms with Gasteiger partial charge in [-0.25, -0.2) is 9.48 Å². The van der Waals surface area contributed by atoms with Gasteiger partial charge in [-0.2, -0.15) is 5.10 Å². The minimum absolute atomic E-state index is 0.0215. The average molecular weight is 387 g/mol. The molecule has 1 N–H and O–H groups in total. The average Bonchev–Trinajstić information content (AvgIpc) is 2.84. The third-order valence-corrected chi connectivity index (χ3v) is 4.21. The number of rotatable bonds is 6. The Kier molecular flexibility index (Phi) is 5.85. The fraction of sp³-hybridized carbons (Fsp3) is 0.412. The van der Waals surface area contributed by atoms with Gasteiger partial charge in [0.15, 0.2) is 0 Å². The van der Waals surface area contributed by atoms with E-state index in [0.717, 1.165) is 0 Å². The molecular weight excluding hydrogens is 367 g/mol. The van der Waals surface area contributed by atoms with Gasteiger partial charge in [0.05, 0.1) is 12.1 Å². The summed E-state index contributed by atoms with van der Waals surface area (Å²) in [7, 11) is 0. The van der Waals surface area contributed by atoms with E-state index in [0.29, 0.717) is 22.2 Å². The number of aromatic nitrogens is 2. The van der Waals surface area contributed by atoms with E-state index in [1.807, 2.05) is 20.8 Å². The zero-order valence-electron chi connectivity index (χ0n) is 14.5. The van der Waals surface area contributed by atoms with E-state index in [1.165, 1.54) is 4.68 Å². The molecule has 0 amide bonds. The molecule has 0 aliphatic carbocycles. The van der Waals surface area contributed by atoms with Crippen molar-refractivity contribution in [3.05, 3.63) is 33.9 Å². The quantitative estimate of drug-likeness (QED) is 0.706. The number of esters is 1. The minimum atomic E-state index is -0.723. The van der Waals surface area contributed by atoms with E-state index in [4.69, 9.17) is 32.7 Å². The fourth-order valence-corrected chi connectivity index (χ4v) is 2.59. The number of hydrogen-bond acceptors (Lipinski definition) is 5. The largest absolute Gasteiger partial charge is 0.501 e. The summed E-state index contributed by atoms with van der Waals surface area (Å²) in [6, 6.07) is 4.66. The molecule has 0 unspecified atom stereocenters. The van der Waals surface area contributed by atoms with Gasteiger partial charge in [-0.1, -0.05) is 30.1 Å². The summed E-state index contributed by atoms with van der Waals surface area (Å²) < 4.78 is 12.2. The highest BCUT2D eigenvalue weighted by atomic mass is 35.5. The van der Waals surface area contributed by atoms with Crippen LogP contribution in [0.4, 0.5) is 0 Å². The first-order valence-corrected chi connectivity index (χ1v) is 8.58. The second-order valence-corrected chi connectivity index (χ2v) is 6.88. The molecule has 0 fully saturated rings. The lowest BCUT2D eigenvalue weighted by molar-refractivity contribution is 0.0514. The van der Waals surface area contributed by atoms with Crippen LogP contribution in [0.3, 0.4) is 0 Å². The standard InChI is InChI=1S/C17H20Cl2N2O4/c1-5-17(3,4)21-15(14(22)13(20-21)16(23)24-6-2)25-12-8-10(18)7-11(19)9-12/h7-9,22H,5-6H2,1-4H3. The monoisotopic (exact) mass is 386 g/mol. The van der Waals surface area contributed by atoms with Gasteiger partial charge < -0.3 is 14.6 Å². The maximum Gasteiger partial charge on any atom is 0.362 e. The van der Waals surface area contributed by atoms with Crippen LogP contribution in [0, 0.1) is 0 Å². The van der Waals surface area contributed by atoms with Crippen molar-refractivity contribution in [3.63, 3.8) is 0 Å². The Balaban J connectivity index is 2.55. The molecule has 0 atom stereocenters. The molecular formula is C17H20Cl2N2O4. The summed E-state index contributed by atoms with van der Waals surface area (Å²) in [5.74, 6) is -0.778. The molecule has 0 radical (unpaired) electrons. The smallest absolute Gasteiger partial charge is 0.362 e. The predicted molar refractivity (Wildman–Crippen MR) is 96.0 cm³/mol. The van der Waals surface area contributed by atoms with Crippen molar-refractivity contribution in [3.8, 4) is 17.4 Å². The van der Waals surface area contributed by atoms with E-state index in [9.17, 15) is 9.90 Å².